The molecular formula is C12H15ClN3O3+. The first-order valence-corrected chi connectivity index (χ1v) is 6.41. The van der Waals surface area contributed by atoms with Crippen molar-refractivity contribution >= 4 is 23.2 Å². The maximum Gasteiger partial charge on any atom is 0.283 e. The van der Waals surface area contributed by atoms with Gasteiger partial charge in [-0.3, -0.25) is 14.9 Å². The number of nitro groups is 1. The number of quaternary nitrogens is 1. The topological polar surface area (TPSA) is 67.9 Å². The normalized spacial score (nSPS) is 16.4. The number of benzene rings is 1. The molecule has 6 nitrogen and oxygen atoms in total. The van der Waals surface area contributed by atoms with Crippen molar-refractivity contribution in [3.63, 3.8) is 0 Å². The van der Waals surface area contributed by atoms with E-state index in [1.165, 1.54) is 23.1 Å². The number of rotatable bonds is 2. The molecule has 0 aliphatic carbocycles. The molecule has 1 aromatic rings. The molecule has 1 N–H and O–H groups in total. The second-order valence-electron chi connectivity index (χ2n) is 4.67. The van der Waals surface area contributed by atoms with Crippen LogP contribution >= 0.6 is 11.6 Å². The van der Waals surface area contributed by atoms with Gasteiger partial charge in [-0.25, -0.2) is 0 Å². The van der Waals surface area contributed by atoms with Crippen LogP contribution in [0.5, 0.6) is 0 Å². The van der Waals surface area contributed by atoms with E-state index in [-0.39, 0.29) is 22.2 Å². The molecular weight excluding hydrogens is 270 g/mol. The number of carbonyl (C=O) groups excluding carboxylic acids is 1. The Kier molecular flexibility index (Phi) is 4.01. The van der Waals surface area contributed by atoms with Gasteiger partial charge >= 0.3 is 0 Å². The first kappa shape index (κ1) is 13.8. The molecule has 1 heterocycles. The zero-order valence-corrected chi connectivity index (χ0v) is 11.3. The fraction of sp³-hybridized carbons (Fsp3) is 0.417. The first-order chi connectivity index (χ1) is 8.99. The van der Waals surface area contributed by atoms with Crippen LogP contribution in [-0.4, -0.2) is 49.0 Å². The Morgan fingerprint density at radius 2 is 2.05 bits per heavy atom. The van der Waals surface area contributed by atoms with E-state index in [4.69, 9.17) is 11.6 Å². The van der Waals surface area contributed by atoms with Crippen LogP contribution in [0.3, 0.4) is 0 Å². The average molecular weight is 285 g/mol. The highest BCUT2D eigenvalue weighted by Crippen LogP contribution is 2.24. The summed E-state index contributed by atoms with van der Waals surface area (Å²) in [6, 6.07) is 4.15. The summed E-state index contributed by atoms with van der Waals surface area (Å²) in [7, 11) is 2.06. The van der Waals surface area contributed by atoms with Gasteiger partial charge in [-0.15, -0.1) is 0 Å². The lowest BCUT2D eigenvalue weighted by Crippen LogP contribution is -3.12. The van der Waals surface area contributed by atoms with Crippen LogP contribution < -0.4 is 4.90 Å². The van der Waals surface area contributed by atoms with Gasteiger partial charge in [-0.05, 0) is 12.1 Å². The van der Waals surface area contributed by atoms with Gasteiger partial charge in [0.1, 0.15) is 5.56 Å². The lowest BCUT2D eigenvalue weighted by Gasteiger charge is -2.30. The van der Waals surface area contributed by atoms with Gasteiger partial charge < -0.3 is 9.80 Å². The molecule has 7 heteroatoms. The van der Waals surface area contributed by atoms with Crippen LogP contribution in [0, 0.1) is 10.1 Å². The largest absolute Gasteiger partial charge is 0.334 e. The van der Waals surface area contributed by atoms with Gasteiger partial charge in [0, 0.05) is 11.1 Å². The molecule has 19 heavy (non-hydrogen) atoms. The van der Waals surface area contributed by atoms with Crippen molar-refractivity contribution in [2.24, 2.45) is 0 Å². The third kappa shape index (κ3) is 3.02. The Morgan fingerprint density at radius 3 is 2.63 bits per heavy atom. The minimum atomic E-state index is -0.569. The molecule has 0 bridgehead atoms. The highest BCUT2D eigenvalue weighted by atomic mass is 35.5. The minimum Gasteiger partial charge on any atom is -0.334 e. The van der Waals surface area contributed by atoms with Crippen molar-refractivity contribution in [3.05, 3.63) is 38.9 Å². The van der Waals surface area contributed by atoms with Gasteiger partial charge in [-0.2, -0.15) is 0 Å². The van der Waals surface area contributed by atoms with E-state index in [1.54, 1.807) is 4.90 Å². The molecule has 0 saturated carbocycles. The molecule has 1 fully saturated rings. The van der Waals surface area contributed by atoms with Crippen molar-refractivity contribution in [3.8, 4) is 0 Å². The number of nitro benzene ring substituents is 1. The molecule has 102 valence electrons. The quantitative estimate of drug-likeness (QED) is 0.624. The summed E-state index contributed by atoms with van der Waals surface area (Å²) in [6.07, 6.45) is 0. The highest BCUT2D eigenvalue weighted by Gasteiger charge is 2.27. The van der Waals surface area contributed by atoms with E-state index < -0.39 is 4.92 Å². The van der Waals surface area contributed by atoms with Crippen molar-refractivity contribution in [2.75, 3.05) is 33.2 Å². The van der Waals surface area contributed by atoms with E-state index in [0.717, 1.165) is 13.1 Å². The average Bonchev–Trinajstić information content (AvgIpc) is 2.38. The monoisotopic (exact) mass is 284 g/mol. The van der Waals surface area contributed by atoms with Crippen molar-refractivity contribution < 1.29 is 14.6 Å². The molecule has 1 amide bonds. The zero-order valence-electron chi connectivity index (χ0n) is 10.6. The predicted molar refractivity (Wildman–Crippen MR) is 70.6 cm³/mol. The van der Waals surface area contributed by atoms with E-state index in [2.05, 4.69) is 7.05 Å². The van der Waals surface area contributed by atoms with Crippen molar-refractivity contribution in [1.82, 2.24) is 4.90 Å². The van der Waals surface area contributed by atoms with Gasteiger partial charge in [0.05, 0.1) is 38.2 Å². The van der Waals surface area contributed by atoms with Crippen LogP contribution in [0.2, 0.25) is 5.02 Å². The number of hydrogen-bond donors (Lipinski definition) is 1. The van der Waals surface area contributed by atoms with Crippen LogP contribution in [-0.2, 0) is 0 Å². The number of halogens is 1. The minimum absolute atomic E-state index is 0.106. The molecule has 1 aliphatic rings. The molecule has 1 aliphatic heterocycles. The Hall–Kier alpha value is -1.66. The lowest BCUT2D eigenvalue weighted by molar-refractivity contribution is -0.883. The number of nitrogens with one attached hydrogen (secondary N) is 1. The Labute approximate surface area is 115 Å². The Balaban J connectivity index is 2.26. The van der Waals surface area contributed by atoms with Gasteiger partial charge in [0.25, 0.3) is 11.6 Å². The third-order valence-electron chi connectivity index (χ3n) is 3.29. The zero-order chi connectivity index (χ0) is 14.0. The van der Waals surface area contributed by atoms with Crippen LogP contribution in [0.1, 0.15) is 10.4 Å². The summed E-state index contributed by atoms with van der Waals surface area (Å²) in [5.74, 6) is -0.295. The molecule has 0 aromatic heterocycles. The van der Waals surface area contributed by atoms with Crippen LogP contribution in [0.15, 0.2) is 18.2 Å². The van der Waals surface area contributed by atoms with E-state index >= 15 is 0 Å². The number of amides is 1. The van der Waals surface area contributed by atoms with Gasteiger partial charge in [0.15, 0.2) is 0 Å². The molecule has 0 atom stereocenters. The third-order valence-corrected chi connectivity index (χ3v) is 3.53. The second-order valence-corrected chi connectivity index (χ2v) is 5.10. The standard InChI is InChI=1S/C12H14ClN3O3/c1-14-4-6-15(7-5-14)12(17)10-3-2-9(13)8-11(10)16(18)19/h2-3,8H,4-7H2,1H3/p+1. The Morgan fingerprint density at radius 1 is 1.42 bits per heavy atom. The number of nitrogens with zero attached hydrogens (tertiary/aromatic N) is 2. The second kappa shape index (κ2) is 5.54. The molecule has 0 spiro atoms. The van der Waals surface area contributed by atoms with Crippen LogP contribution in [0.4, 0.5) is 5.69 Å². The molecule has 1 saturated heterocycles. The number of likely N-dealkylation sites (N-methyl/N-ethyl adjacent to an activating group) is 1. The summed E-state index contributed by atoms with van der Waals surface area (Å²) < 4.78 is 0. The molecule has 0 radical (unpaired) electrons. The number of piperazine rings is 1. The summed E-state index contributed by atoms with van der Waals surface area (Å²) in [5, 5.41) is 11.2. The molecule has 0 unspecified atom stereocenters. The smallest absolute Gasteiger partial charge is 0.283 e. The lowest BCUT2D eigenvalue weighted by atomic mass is 10.1. The Bertz CT molecular complexity index is 513. The maximum absolute atomic E-state index is 12.3. The molecule has 1 aromatic carbocycles. The summed E-state index contributed by atoms with van der Waals surface area (Å²) in [4.78, 5) is 25.7. The van der Waals surface area contributed by atoms with Gasteiger partial charge in [-0.1, -0.05) is 11.6 Å². The predicted octanol–water partition coefficient (Wildman–Crippen LogP) is 0.219. The summed E-state index contributed by atoms with van der Waals surface area (Å²) in [6.45, 7) is 2.94. The summed E-state index contributed by atoms with van der Waals surface area (Å²) in [5.41, 5.74) is -0.127. The highest BCUT2D eigenvalue weighted by molar-refractivity contribution is 6.31. The van der Waals surface area contributed by atoms with Gasteiger partial charge in [0.2, 0.25) is 0 Å². The van der Waals surface area contributed by atoms with E-state index in [1.807, 2.05) is 0 Å². The number of hydrogen-bond acceptors (Lipinski definition) is 3. The fourth-order valence-electron chi connectivity index (χ4n) is 2.10. The van der Waals surface area contributed by atoms with Crippen molar-refractivity contribution in [2.45, 2.75) is 0 Å². The van der Waals surface area contributed by atoms with E-state index in [9.17, 15) is 14.9 Å². The molecule has 2 rings (SSSR count). The first-order valence-electron chi connectivity index (χ1n) is 6.03. The SMILES string of the molecule is C[NH+]1CCN(C(=O)c2ccc(Cl)cc2[N+](=O)[O-])CC1. The fourth-order valence-corrected chi connectivity index (χ4v) is 2.26. The maximum atomic E-state index is 12.3. The van der Waals surface area contributed by atoms with Crippen LogP contribution in [0.25, 0.3) is 0 Å². The summed E-state index contributed by atoms with van der Waals surface area (Å²) >= 11 is 5.74. The number of carbonyl (C=O) groups is 1. The van der Waals surface area contributed by atoms with E-state index in [0.29, 0.717) is 13.1 Å². The van der Waals surface area contributed by atoms with Crippen molar-refractivity contribution in [1.29, 1.82) is 0 Å².